The summed E-state index contributed by atoms with van der Waals surface area (Å²) in [7, 11) is 0. The highest BCUT2D eigenvalue weighted by atomic mass is 16.4. The first-order chi connectivity index (χ1) is 12.0. The van der Waals surface area contributed by atoms with Crippen molar-refractivity contribution in [1.29, 1.82) is 0 Å². The Labute approximate surface area is 143 Å². The largest absolute Gasteiger partial charge is 0.478 e. The van der Waals surface area contributed by atoms with E-state index in [9.17, 15) is 9.59 Å². The molecule has 0 aliphatic heterocycles. The second-order valence-electron chi connectivity index (χ2n) is 5.58. The smallest absolute Gasteiger partial charge is 0.335 e. The molecule has 0 saturated carbocycles. The number of nitrogens with one attached hydrogen (secondary N) is 1. The molecule has 25 heavy (non-hydrogen) atoms. The number of rotatable bonds is 5. The third kappa shape index (κ3) is 3.87. The Morgan fingerprint density at radius 2 is 1.36 bits per heavy atom. The van der Waals surface area contributed by atoms with Gasteiger partial charge in [0.05, 0.1) is 11.1 Å². The lowest BCUT2D eigenvalue weighted by molar-refractivity contribution is -0.688. The van der Waals surface area contributed by atoms with Crippen LogP contribution in [0.15, 0.2) is 67.3 Å². The van der Waals surface area contributed by atoms with E-state index in [0.29, 0.717) is 12.1 Å². The van der Waals surface area contributed by atoms with E-state index in [0.717, 1.165) is 17.2 Å². The van der Waals surface area contributed by atoms with Crippen LogP contribution < -0.4 is 9.55 Å². The molecular weight excluding hydrogens is 320 g/mol. The Bertz CT molecular complexity index is 890. The van der Waals surface area contributed by atoms with E-state index in [2.05, 4.69) is 4.98 Å². The number of hydrogen-bond acceptors (Lipinski definition) is 2. The Morgan fingerprint density at radius 3 is 1.88 bits per heavy atom. The van der Waals surface area contributed by atoms with Crippen molar-refractivity contribution in [3.05, 3.63) is 83.9 Å². The number of aromatic nitrogens is 2. The summed E-state index contributed by atoms with van der Waals surface area (Å²) < 4.78 is 1.87. The van der Waals surface area contributed by atoms with Crippen molar-refractivity contribution in [2.24, 2.45) is 0 Å². The van der Waals surface area contributed by atoms with Crippen LogP contribution in [0.2, 0.25) is 0 Å². The van der Waals surface area contributed by atoms with Crippen LogP contribution in [0.3, 0.4) is 0 Å². The predicted molar refractivity (Wildman–Crippen MR) is 88.1 cm³/mol. The molecule has 0 aliphatic carbocycles. The molecule has 0 unspecified atom stereocenters. The zero-order valence-corrected chi connectivity index (χ0v) is 13.2. The van der Waals surface area contributed by atoms with Gasteiger partial charge in [0.2, 0.25) is 0 Å². The van der Waals surface area contributed by atoms with Crippen LogP contribution in [-0.2, 0) is 6.54 Å². The zero-order chi connectivity index (χ0) is 17.8. The molecule has 2 aromatic heterocycles. The molecule has 6 heteroatoms. The van der Waals surface area contributed by atoms with Gasteiger partial charge in [0.25, 0.3) is 0 Å². The van der Waals surface area contributed by atoms with Crippen LogP contribution in [0.4, 0.5) is 0 Å². The molecule has 6 nitrogen and oxygen atoms in total. The number of aromatic amines is 1. The van der Waals surface area contributed by atoms with Crippen molar-refractivity contribution in [3.8, 4) is 11.1 Å². The summed E-state index contributed by atoms with van der Waals surface area (Å²) in [5, 5.41) is 18.3. The zero-order valence-electron chi connectivity index (χ0n) is 13.2. The van der Waals surface area contributed by atoms with E-state index in [1.54, 1.807) is 0 Å². The van der Waals surface area contributed by atoms with Crippen LogP contribution in [0.1, 0.15) is 26.3 Å². The maximum absolute atomic E-state index is 11.2. The number of benzene rings is 1. The van der Waals surface area contributed by atoms with Gasteiger partial charge >= 0.3 is 11.9 Å². The molecule has 0 radical (unpaired) electrons. The van der Waals surface area contributed by atoms with E-state index in [1.165, 1.54) is 12.1 Å². The van der Waals surface area contributed by atoms with Gasteiger partial charge in [-0.2, -0.15) is 0 Å². The van der Waals surface area contributed by atoms with Gasteiger partial charge in [0, 0.05) is 29.8 Å². The highest BCUT2D eigenvalue weighted by Crippen LogP contribution is 2.16. The Kier molecular flexibility index (Phi) is 4.52. The predicted octanol–water partition coefficient (Wildman–Crippen LogP) is 1.90. The minimum absolute atomic E-state index is 0.0346. The molecule has 0 amide bonds. The van der Waals surface area contributed by atoms with E-state index < -0.39 is 11.9 Å². The standard InChI is InChI=1S/C19H14N2O4/c22-18(23)16-9-13(10-17(11-16)19(24)25)12-21-7-3-15(4-8-21)14-1-5-20-6-2-14/h1-11H,12H2,(H-,22,23,24,25)/p+2. The van der Waals surface area contributed by atoms with E-state index in [-0.39, 0.29) is 11.1 Å². The lowest BCUT2D eigenvalue weighted by Crippen LogP contribution is -2.33. The van der Waals surface area contributed by atoms with Gasteiger partial charge in [-0.3, -0.25) is 0 Å². The van der Waals surface area contributed by atoms with Crippen LogP contribution in [0, 0.1) is 0 Å². The molecule has 0 spiro atoms. The number of pyridine rings is 2. The number of hydrogen-bond donors (Lipinski definition) is 2. The number of carboxylic acids is 2. The van der Waals surface area contributed by atoms with Crippen molar-refractivity contribution >= 4 is 11.9 Å². The minimum atomic E-state index is -1.15. The average molecular weight is 336 g/mol. The van der Waals surface area contributed by atoms with Gasteiger partial charge < -0.3 is 10.2 Å². The third-order valence-electron chi connectivity index (χ3n) is 3.79. The normalized spacial score (nSPS) is 10.4. The molecule has 3 N–H and O–H groups in total. The lowest BCUT2D eigenvalue weighted by atomic mass is 10.1. The molecule has 0 fully saturated rings. The summed E-state index contributed by atoms with van der Waals surface area (Å²) in [5.74, 6) is -2.30. The fourth-order valence-electron chi connectivity index (χ4n) is 2.58. The number of nitrogens with zero attached hydrogens (tertiary/aromatic N) is 1. The summed E-state index contributed by atoms with van der Waals surface area (Å²) in [6, 6.07) is 12.0. The Balaban J connectivity index is 1.87. The number of carbonyl (C=O) groups is 2. The van der Waals surface area contributed by atoms with Gasteiger partial charge in [-0.05, 0) is 29.3 Å². The molecular formula is C19H16N2O4+2. The van der Waals surface area contributed by atoms with Crippen LogP contribution in [-0.4, -0.2) is 22.2 Å². The first-order valence-corrected chi connectivity index (χ1v) is 7.59. The SMILES string of the molecule is O=C(O)c1cc(C[n+]2ccc(-c3cc[nH+]cc3)cc2)cc(C(=O)O)c1. The summed E-state index contributed by atoms with van der Waals surface area (Å²) in [6.07, 6.45) is 7.45. The minimum Gasteiger partial charge on any atom is -0.478 e. The van der Waals surface area contributed by atoms with Gasteiger partial charge in [0.15, 0.2) is 31.3 Å². The fraction of sp³-hybridized carbons (Fsp3) is 0.0526. The summed E-state index contributed by atoms with van der Waals surface area (Å²) >= 11 is 0. The maximum Gasteiger partial charge on any atom is 0.335 e. The van der Waals surface area contributed by atoms with E-state index >= 15 is 0 Å². The molecule has 3 rings (SSSR count). The first kappa shape index (κ1) is 16.3. The quantitative estimate of drug-likeness (QED) is 0.696. The van der Waals surface area contributed by atoms with Crippen molar-refractivity contribution in [3.63, 3.8) is 0 Å². The van der Waals surface area contributed by atoms with Crippen molar-refractivity contribution in [2.75, 3.05) is 0 Å². The average Bonchev–Trinajstić information content (AvgIpc) is 2.62. The number of H-pyrrole nitrogens is 1. The highest BCUT2D eigenvalue weighted by Gasteiger charge is 2.14. The topological polar surface area (TPSA) is 92.6 Å². The Morgan fingerprint density at radius 1 is 0.840 bits per heavy atom. The molecule has 3 aromatic rings. The van der Waals surface area contributed by atoms with Crippen LogP contribution in [0.25, 0.3) is 11.1 Å². The van der Waals surface area contributed by atoms with Gasteiger partial charge in [-0.1, -0.05) is 0 Å². The second kappa shape index (κ2) is 6.92. The van der Waals surface area contributed by atoms with Gasteiger partial charge in [-0.15, -0.1) is 0 Å². The summed E-state index contributed by atoms with van der Waals surface area (Å²) in [4.78, 5) is 25.3. The van der Waals surface area contributed by atoms with Crippen molar-refractivity contribution in [1.82, 2.24) is 0 Å². The van der Waals surface area contributed by atoms with Crippen LogP contribution >= 0.6 is 0 Å². The third-order valence-corrected chi connectivity index (χ3v) is 3.79. The first-order valence-electron chi connectivity index (χ1n) is 7.59. The summed E-state index contributed by atoms with van der Waals surface area (Å²) in [6.45, 7) is 0.379. The molecule has 0 atom stereocenters. The van der Waals surface area contributed by atoms with Crippen LogP contribution in [0.5, 0.6) is 0 Å². The molecule has 1 aromatic carbocycles. The van der Waals surface area contributed by atoms with Gasteiger partial charge in [0.1, 0.15) is 0 Å². The fourth-order valence-corrected chi connectivity index (χ4v) is 2.58. The second-order valence-corrected chi connectivity index (χ2v) is 5.58. The monoisotopic (exact) mass is 336 g/mol. The number of carboxylic acid groups (broad SMARTS) is 2. The molecule has 124 valence electrons. The molecule has 0 aliphatic rings. The van der Waals surface area contributed by atoms with E-state index in [4.69, 9.17) is 10.2 Å². The van der Waals surface area contributed by atoms with Gasteiger partial charge in [-0.25, -0.2) is 19.1 Å². The Hall–Kier alpha value is -3.54. The molecule has 2 heterocycles. The number of aromatic carboxylic acids is 2. The van der Waals surface area contributed by atoms with Crippen molar-refractivity contribution < 1.29 is 29.4 Å². The molecule has 0 saturated heterocycles. The highest BCUT2D eigenvalue weighted by molar-refractivity contribution is 5.94. The lowest BCUT2D eigenvalue weighted by Gasteiger charge is -2.04. The maximum atomic E-state index is 11.2. The summed E-state index contributed by atoms with van der Waals surface area (Å²) in [5.41, 5.74) is 2.67. The van der Waals surface area contributed by atoms with E-state index in [1.807, 2.05) is 53.6 Å². The molecule has 0 bridgehead atoms. The van der Waals surface area contributed by atoms with Crippen molar-refractivity contribution in [2.45, 2.75) is 6.54 Å².